The van der Waals surface area contributed by atoms with E-state index in [2.05, 4.69) is 18.8 Å². The fourth-order valence-corrected chi connectivity index (χ4v) is 1.45. The summed E-state index contributed by atoms with van der Waals surface area (Å²) >= 11 is 0. The van der Waals surface area contributed by atoms with E-state index in [9.17, 15) is 0 Å². The fraction of sp³-hybridized carbons (Fsp3) is 0.500. The number of aromatic nitrogens is 2. The van der Waals surface area contributed by atoms with E-state index in [1.165, 1.54) is 5.56 Å². The third kappa shape index (κ3) is 3.70. The first-order valence-electron chi connectivity index (χ1n) is 5.34. The van der Waals surface area contributed by atoms with Crippen molar-refractivity contribution < 1.29 is 0 Å². The first-order valence-corrected chi connectivity index (χ1v) is 5.34. The predicted octanol–water partition coefficient (Wildman–Crippen LogP) is 2.14. The monoisotopic (exact) mass is 205 g/mol. The lowest BCUT2D eigenvalue weighted by Crippen LogP contribution is -2.22. The quantitative estimate of drug-likeness (QED) is 0.752. The van der Waals surface area contributed by atoms with Gasteiger partial charge in [0.15, 0.2) is 0 Å². The second-order valence-corrected chi connectivity index (χ2v) is 4.11. The molecule has 0 fully saturated rings. The molecule has 0 spiro atoms. The molecule has 82 valence electrons. The molecule has 0 saturated carbocycles. The Labute approximate surface area is 91.0 Å². The fourth-order valence-electron chi connectivity index (χ4n) is 1.45. The topological polar surface area (TPSA) is 41.7 Å². The Balaban J connectivity index is 2.89. The van der Waals surface area contributed by atoms with Crippen LogP contribution in [0, 0.1) is 11.3 Å². The summed E-state index contributed by atoms with van der Waals surface area (Å²) in [6.07, 6.45) is 8.85. The number of nitrogens with zero attached hydrogens (tertiary/aromatic N) is 2. The van der Waals surface area contributed by atoms with Crippen LogP contribution in [0.1, 0.15) is 26.3 Å². The van der Waals surface area contributed by atoms with Gasteiger partial charge in [0.05, 0.1) is 0 Å². The van der Waals surface area contributed by atoms with Gasteiger partial charge in [-0.15, -0.1) is 0 Å². The average Bonchev–Trinajstić information content (AvgIpc) is 2.18. The SMILES string of the molecule is C/C=C\Cn1cc(CC(C)C)cnc1=N. The van der Waals surface area contributed by atoms with Gasteiger partial charge in [0.1, 0.15) is 0 Å². The average molecular weight is 205 g/mol. The summed E-state index contributed by atoms with van der Waals surface area (Å²) in [5.41, 5.74) is 1.52. The molecule has 1 rings (SSSR count). The van der Waals surface area contributed by atoms with E-state index < -0.39 is 0 Å². The summed E-state index contributed by atoms with van der Waals surface area (Å²) in [6.45, 7) is 7.08. The largest absolute Gasteiger partial charge is 0.314 e. The maximum absolute atomic E-state index is 7.65. The summed E-state index contributed by atoms with van der Waals surface area (Å²) in [7, 11) is 0. The van der Waals surface area contributed by atoms with Gasteiger partial charge < -0.3 is 4.57 Å². The molecule has 3 nitrogen and oxygen atoms in total. The summed E-state index contributed by atoms with van der Waals surface area (Å²) in [5.74, 6) is 0.624. The maximum Gasteiger partial charge on any atom is 0.222 e. The normalized spacial score (nSPS) is 11.5. The van der Waals surface area contributed by atoms with Crippen molar-refractivity contribution in [3.8, 4) is 0 Å². The van der Waals surface area contributed by atoms with Crippen LogP contribution in [0.3, 0.4) is 0 Å². The molecule has 0 unspecified atom stereocenters. The molecule has 0 radical (unpaired) electrons. The Morgan fingerprint density at radius 3 is 2.87 bits per heavy atom. The van der Waals surface area contributed by atoms with Gasteiger partial charge in [0, 0.05) is 18.9 Å². The van der Waals surface area contributed by atoms with Crippen molar-refractivity contribution in [2.24, 2.45) is 5.92 Å². The van der Waals surface area contributed by atoms with E-state index >= 15 is 0 Å². The molecule has 0 aliphatic heterocycles. The highest BCUT2D eigenvalue weighted by molar-refractivity contribution is 5.04. The molecule has 0 saturated heterocycles. The van der Waals surface area contributed by atoms with E-state index in [1.807, 2.05) is 29.8 Å². The van der Waals surface area contributed by atoms with Crippen molar-refractivity contribution in [3.63, 3.8) is 0 Å². The van der Waals surface area contributed by atoms with Crippen LogP contribution < -0.4 is 5.62 Å². The highest BCUT2D eigenvalue weighted by Crippen LogP contribution is 2.04. The van der Waals surface area contributed by atoms with Crippen LogP contribution in [0.15, 0.2) is 24.5 Å². The van der Waals surface area contributed by atoms with Crippen molar-refractivity contribution >= 4 is 0 Å². The van der Waals surface area contributed by atoms with Gasteiger partial charge in [0.25, 0.3) is 0 Å². The molecule has 0 aromatic carbocycles. The first kappa shape index (κ1) is 11.7. The lowest BCUT2D eigenvalue weighted by molar-refractivity contribution is 0.624. The predicted molar refractivity (Wildman–Crippen MR) is 61.4 cm³/mol. The van der Waals surface area contributed by atoms with Gasteiger partial charge in [-0.1, -0.05) is 26.0 Å². The van der Waals surface area contributed by atoms with E-state index in [-0.39, 0.29) is 0 Å². The van der Waals surface area contributed by atoms with Gasteiger partial charge >= 0.3 is 0 Å². The van der Waals surface area contributed by atoms with Crippen LogP contribution in [0.5, 0.6) is 0 Å². The zero-order chi connectivity index (χ0) is 11.3. The molecular weight excluding hydrogens is 186 g/mol. The Morgan fingerprint density at radius 2 is 2.27 bits per heavy atom. The van der Waals surface area contributed by atoms with Crippen LogP contribution in [0.4, 0.5) is 0 Å². The molecule has 15 heavy (non-hydrogen) atoms. The summed E-state index contributed by atoms with van der Waals surface area (Å²) in [6, 6.07) is 0. The number of nitrogens with one attached hydrogen (secondary N) is 1. The van der Waals surface area contributed by atoms with Crippen LogP contribution in [0.2, 0.25) is 0 Å². The number of hydrogen-bond acceptors (Lipinski definition) is 2. The Kier molecular flexibility index (Phi) is 4.28. The standard InChI is InChI=1S/C12H19N3/c1-4-5-6-15-9-11(7-10(2)3)8-14-12(15)13/h4-5,8-10,13H,6-7H2,1-3H3/b5-4-,13-12?. The first-order chi connectivity index (χ1) is 7.13. The van der Waals surface area contributed by atoms with Gasteiger partial charge in [-0.2, -0.15) is 0 Å². The number of hydrogen-bond donors (Lipinski definition) is 1. The Morgan fingerprint density at radius 1 is 1.53 bits per heavy atom. The number of allylic oxidation sites excluding steroid dienone is 2. The third-order valence-electron chi connectivity index (χ3n) is 2.13. The highest BCUT2D eigenvalue weighted by atomic mass is 15.0. The third-order valence-corrected chi connectivity index (χ3v) is 2.13. The molecule has 0 bridgehead atoms. The van der Waals surface area contributed by atoms with Gasteiger partial charge in [0.2, 0.25) is 5.62 Å². The van der Waals surface area contributed by atoms with Crippen molar-refractivity contribution in [2.45, 2.75) is 33.7 Å². The molecule has 1 N–H and O–H groups in total. The lowest BCUT2D eigenvalue weighted by atomic mass is 10.1. The van der Waals surface area contributed by atoms with Crippen molar-refractivity contribution in [1.29, 1.82) is 5.41 Å². The molecule has 0 aliphatic rings. The minimum Gasteiger partial charge on any atom is -0.314 e. The zero-order valence-electron chi connectivity index (χ0n) is 9.70. The van der Waals surface area contributed by atoms with E-state index in [0.717, 1.165) is 13.0 Å². The van der Waals surface area contributed by atoms with Crippen molar-refractivity contribution in [2.75, 3.05) is 0 Å². The van der Waals surface area contributed by atoms with Crippen LogP contribution in [-0.4, -0.2) is 9.55 Å². The molecular formula is C12H19N3. The molecule has 1 heterocycles. The summed E-state index contributed by atoms with van der Waals surface area (Å²) in [5, 5.41) is 7.65. The Hall–Kier alpha value is -1.38. The van der Waals surface area contributed by atoms with Crippen molar-refractivity contribution in [3.05, 3.63) is 35.7 Å². The van der Waals surface area contributed by atoms with Gasteiger partial charge in [-0.05, 0) is 24.8 Å². The lowest BCUT2D eigenvalue weighted by Gasteiger charge is -2.08. The van der Waals surface area contributed by atoms with Crippen molar-refractivity contribution in [1.82, 2.24) is 9.55 Å². The maximum atomic E-state index is 7.65. The van der Waals surface area contributed by atoms with Crippen LogP contribution in [0.25, 0.3) is 0 Å². The van der Waals surface area contributed by atoms with E-state index in [4.69, 9.17) is 5.41 Å². The van der Waals surface area contributed by atoms with Gasteiger partial charge in [-0.25, -0.2) is 4.98 Å². The Bertz CT molecular complexity index is 388. The van der Waals surface area contributed by atoms with Gasteiger partial charge in [-0.3, -0.25) is 5.41 Å². The van der Waals surface area contributed by atoms with E-state index in [0.29, 0.717) is 11.5 Å². The smallest absolute Gasteiger partial charge is 0.222 e. The second kappa shape index (κ2) is 5.49. The molecule has 0 atom stereocenters. The molecule has 0 aliphatic carbocycles. The number of rotatable bonds is 4. The second-order valence-electron chi connectivity index (χ2n) is 4.11. The minimum absolute atomic E-state index is 0.320. The molecule has 1 aromatic heterocycles. The summed E-state index contributed by atoms with van der Waals surface area (Å²) in [4.78, 5) is 4.08. The molecule has 1 aromatic rings. The molecule has 3 heteroatoms. The van der Waals surface area contributed by atoms with Crippen LogP contribution in [-0.2, 0) is 13.0 Å². The summed E-state index contributed by atoms with van der Waals surface area (Å²) < 4.78 is 1.86. The molecule has 0 amide bonds. The van der Waals surface area contributed by atoms with Crippen LogP contribution >= 0.6 is 0 Å². The van der Waals surface area contributed by atoms with E-state index in [1.54, 1.807) is 6.20 Å². The zero-order valence-corrected chi connectivity index (χ0v) is 9.70. The minimum atomic E-state index is 0.320. The highest BCUT2D eigenvalue weighted by Gasteiger charge is 1.99.